The normalized spacial score (nSPS) is 11.2. The average Bonchev–Trinajstić information content (AvgIpc) is 2.57. The van der Waals surface area contributed by atoms with Crippen molar-refractivity contribution in [3.63, 3.8) is 0 Å². The van der Waals surface area contributed by atoms with E-state index >= 15 is 0 Å². The van der Waals surface area contributed by atoms with Crippen LogP contribution in [0.3, 0.4) is 0 Å². The van der Waals surface area contributed by atoms with Gasteiger partial charge in [-0.3, -0.25) is 0 Å². The lowest BCUT2D eigenvalue weighted by molar-refractivity contribution is 0.0519. The number of hydrogen-bond donors (Lipinski definition) is 0. The van der Waals surface area contributed by atoms with Crippen molar-refractivity contribution in [1.82, 2.24) is 0 Å². The van der Waals surface area contributed by atoms with Crippen molar-refractivity contribution in [3.8, 4) is 0 Å². The molecule has 0 heterocycles. The molecule has 0 saturated heterocycles. The summed E-state index contributed by atoms with van der Waals surface area (Å²) in [5.74, 6) is 0.568. The monoisotopic (exact) mass is 348 g/mol. The van der Waals surface area contributed by atoms with E-state index in [1.54, 1.807) is 0 Å². The van der Waals surface area contributed by atoms with Gasteiger partial charge in [-0.15, -0.1) is 11.6 Å². The summed E-state index contributed by atoms with van der Waals surface area (Å²) in [4.78, 5) is 0. The molecule has 0 spiro atoms. The van der Waals surface area contributed by atoms with Crippen molar-refractivity contribution < 1.29 is 9.47 Å². The van der Waals surface area contributed by atoms with Gasteiger partial charge in [0.2, 0.25) is 0 Å². The van der Waals surface area contributed by atoms with E-state index in [0.717, 1.165) is 6.61 Å². The van der Waals surface area contributed by atoms with Crippen molar-refractivity contribution in [2.45, 2.75) is 96.8 Å². The van der Waals surface area contributed by atoms with E-state index in [4.69, 9.17) is 21.1 Å². The van der Waals surface area contributed by atoms with E-state index in [1.165, 1.54) is 89.9 Å². The zero-order valence-electron chi connectivity index (χ0n) is 15.6. The van der Waals surface area contributed by atoms with Crippen LogP contribution in [0.1, 0.15) is 96.8 Å². The van der Waals surface area contributed by atoms with Gasteiger partial charge in [-0.25, -0.2) is 0 Å². The fraction of sp³-hybridized carbons (Fsp3) is 1.00. The summed E-state index contributed by atoms with van der Waals surface area (Å²) in [6.45, 7) is 5.17. The van der Waals surface area contributed by atoms with Gasteiger partial charge in [-0.2, -0.15) is 0 Å². The number of unbranched alkanes of at least 4 members (excludes halogenated alkanes) is 13. The highest BCUT2D eigenvalue weighted by molar-refractivity contribution is 6.17. The van der Waals surface area contributed by atoms with Gasteiger partial charge in [0.15, 0.2) is 0 Å². The van der Waals surface area contributed by atoms with E-state index < -0.39 is 0 Å². The Bertz CT molecular complexity index is 180. The Kier molecular flexibility index (Phi) is 22.4. The first-order valence-electron chi connectivity index (χ1n) is 10.1. The van der Waals surface area contributed by atoms with Crippen LogP contribution in [0.15, 0.2) is 0 Å². The summed E-state index contributed by atoms with van der Waals surface area (Å²) in [5.41, 5.74) is 0. The van der Waals surface area contributed by atoms with Crippen molar-refractivity contribution in [2.75, 3.05) is 32.3 Å². The van der Waals surface area contributed by atoms with Gasteiger partial charge in [0.05, 0.1) is 19.8 Å². The molecular formula is C20H41ClO2. The maximum atomic E-state index is 5.52. The van der Waals surface area contributed by atoms with E-state index in [0.29, 0.717) is 25.7 Å². The van der Waals surface area contributed by atoms with Crippen molar-refractivity contribution in [2.24, 2.45) is 0 Å². The summed E-state index contributed by atoms with van der Waals surface area (Å²) in [6, 6.07) is 0. The summed E-state index contributed by atoms with van der Waals surface area (Å²) in [5, 5.41) is 0. The molecule has 2 nitrogen and oxygen atoms in total. The van der Waals surface area contributed by atoms with Crippen LogP contribution in [0.25, 0.3) is 0 Å². The lowest BCUT2D eigenvalue weighted by Crippen LogP contribution is -2.06. The molecule has 0 rings (SSSR count). The summed E-state index contributed by atoms with van der Waals surface area (Å²) in [6.07, 6.45) is 19.6. The first-order chi connectivity index (χ1) is 11.4. The van der Waals surface area contributed by atoms with Gasteiger partial charge in [-0.05, 0) is 6.42 Å². The molecule has 0 atom stereocenters. The number of halogens is 1. The molecule has 140 valence electrons. The smallest absolute Gasteiger partial charge is 0.0701 e. The Hall–Kier alpha value is 0.210. The van der Waals surface area contributed by atoms with Gasteiger partial charge in [-0.1, -0.05) is 90.4 Å². The lowest BCUT2D eigenvalue weighted by atomic mass is 10.0. The molecule has 0 unspecified atom stereocenters. The maximum absolute atomic E-state index is 5.52. The molecular weight excluding hydrogens is 308 g/mol. The highest BCUT2D eigenvalue weighted by Gasteiger charge is 1.94. The molecule has 0 aliphatic heterocycles. The second-order valence-electron chi connectivity index (χ2n) is 6.51. The number of hydrogen-bond acceptors (Lipinski definition) is 2. The summed E-state index contributed by atoms with van der Waals surface area (Å²) < 4.78 is 10.8. The van der Waals surface area contributed by atoms with Crippen LogP contribution in [-0.2, 0) is 9.47 Å². The van der Waals surface area contributed by atoms with Gasteiger partial charge < -0.3 is 9.47 Å². The largest absolute Gasteiger partial charge is 0.379 e. The van der Waals surface area contributed by atoms with Crippen molar-refractivity contribution in [3.05, 3.63) is 0 Å². The molecule has 0 fully saturated rings. The number of ether oxygens (including phenoxy) is 2. The second kappa shape index (κ2) is 22.2. The fourth-order valence-electron chi connectivity index (χ4n) is 2.78. The van der Waals surface area contributed by atoms with Crippen LogP contribution in [0.5, 0.6) is 0 Å². The van der Waals surface area contributed by atoms with Gasteiger partial charge in [0.25, 0.3) is 0 Å². The molecule has 0 amide bonds. The predicted molar refractivity (Wildman–Crippen MR) is 103 cm³/mol. The average molecular weight is 349 g/mol. The summed E-state index contributed by atoms with van der Waals surface area (Å²) in [7, 11) is 0. The van der Waals surface area contributed by atoms with Crippen LogP contribution >= 0.6 is 11.6 Å². The van der Waals surface area contributed by atoms with Crippen LogP contribution in [0, 0.1) is 0 Å². The lowest BCUT2D eigenvalue weighted by Gasteiger charge is -2.05. The predicted octanol–water partition coefficient (Wildman–Crippen LogP) is 6.74. The molecule has 0 aromatic heterocycles. The number of rotatable bonds is 20. The van der Waals surface area contributed by atoms with E-state index in [2.05, 4.69) is 6.92 Å². The van der Waals surface area contributed by atoms with E-state index in [-0.39, 0.29) is 0 Å². The Morgan fingerprint density at radius 1 is 0.478 bits per heavy atom. The quantitative estimate of drug-likeness (QED) is 0.179. The van der Waals surface area contributed by atoms with E-state index in [9.17, 15) is 0 Å². The minimum absolute atomic E-state index is 0.568. The van der Waals surface area contributed by atoms with Crippen molar-refractivity contribution >= 4 is 11.6 Å². The Balaban J connectivity index is 2.92. The molecule has 3 heteroatoms. The van der Waals surface area contributed by atoms with Gasteiger partial charge in [0.1, 0.15) is 0 Å². The Labute approximate surface area is 150 Å². The second-order valence-corrected chi connectivity index (χ2v) is 6.89. The first kappa shape index (κ1) is 23.2. The molecule has 0 aliphatic carbocycles. The fourth-order valence-corrected chi connectivity index (χ4v) is 2.88. The van der Waals surface area contributed by atoms with Crippen LogP contribution < -0.4 is 0 Å². The summed E-state index contributed by atoms with van der Waals surface area (Å²) >= 11 is 5.52. The van der Waals surface area contributed by atoms with Crippen LogP contribution in [0.4, 0.5) is 0 Å². The maximum Gasteiger partial charge on any atom is 0.0701 e. The van der Waals surface area contributed by atoms with Crippen LogP contribution in [-0.4, -0.2) is 32.3 Å². The zero-order chi connectivity index (χ0) is 16.8. The third-order valence-electron chi connectivity index (χ3n) is 4.24. The molecule has 0 saturated carbocycles. The van der Waals surface area contributed by atoms with Crippen LogP contribution in [0.2, 0.25) is 0 Å². The molecule has 0 aliphatic rings. The Morgan fingerprint density at radius 3 is 1.30 bits per heavy atom. The third-order valence-corrected chi connectivity index (χ3v) is 4.39. The molecule has 0 aromatic rings. The van der Waals surface area contributed by atoms with Gasteiger partial charge >= 0.3 is 0 Å². The standard InChI is InChI=1S/C20H41ClO2/c1-2-3-4-5-6-7-8-9-10-11-12-13-14-15-17-22-19-20-23-18-16-21/h2-20H2,1H3. The van der Waals surface area contributed by atoms with E-state index in [1.807, 2.05) is 0 Å². The highest BCUT2D eigenvalue weighted by atomic mass is 35.5. The molecule has 0 aromatic carbocycles. The highest BCUT2D eigenvalue weighted by Crippen LogP contribution is 2.12. The minimum Gasteiger partial charge on any atom is -0.379 e. The molecule has 0 bridgehead atoms. The first-order valence-corrected chi connectivity index (χ1v) is 10.7. The van der Waals surface area contributed by atoms with Gasteiger partial charge in [0, 0.05) is 12.5 Å². The third kappa shape index (κ3) is 22.2. The Morgan fingerprint density at radius 2 is 0.870 bits per heavy atom. The molecule has 23 heavy (non-hydrogen) atoms. The zero-order valence-corrected chi connectivity index (χ0v) is 16.4. The molecule has 0 radical (unpaired) electrons. The SMILES string of the molecule is CCCCCCCCCCCCCCCCOCCOCCCl. The van der Waals surface area contributed by atoms with Crippen molar-refractivity contribution in [1.29, 1.82) is 0 Å². The number of alkyl halides is 1. The topological polar surface area (TPSA) is 18.5 Å². The minimum atomic E-state index is 0.568. The molecule has 0 N–H and O–H groups in total.